The van der Waals surface area contributed by atoms with Crippen molar-refractivity contribution in [2.45, 2.75) is 0 Å². The van der Waals surface area contributed by atoms with Crippen LogP contribution in [-0.2, 0) is 0 Å². The van der Waals surface area contributed by atoms with Crippen molar-refractivity contribution in [3.63, 3.8) is 0 Å². The first kappa shape index (κ1) is 11.9. The standard InChI is InChI=1S/C14H12BrNO/c1-16-13-5-3-2-4-12(13)14(17)10-6-8-11(15)9-7-10/h2-9,16H,1H3. The number of halogens is 1. The topological polar surface area (TPSA) is 29.1 Å². The van der Waals surface area contributed by atoms with Crippen molar-refractivity contribution < 1.29 is 4.79 Å². The van der Waals surface area contributed by atoms with E-state index in [1.165, 1.54) is 0 Å². The smallest absolute Gasteiger partial charge is 0.195 e. The molecule has 86 valence electrons. The molecule has 1 N–H and O–H groups in total. The van der Waals surface area contributed by atoms with Crippen LogP contribution in [-0.4, -0.2) is 12.8 Å². The van der Waals surface area contributed by atoms with Gasteiger partial charge in [0, 0.05) is 28.3 Å². The summed E-state index contributed by atoms with van der Waals surface area (Å²) in [5.41, 5.74) is 2.23. The van der Waals surface area contributed by atoms with E-state index in [0.29, 0.717) is 11.1 Å². The fourth-order valence-corrected chi connectivity index (χ4v) is 1.92. The quantitative estimate of drug-likeness (QED) is 0.873. The van der Waals surface area contributed by atoms with Gasteiger partial charge in [-0.2, -0.15) is 0 Å². The van der Waals surface area contributed by atoms with Gasteiger partial charge in [-0.3, -0.25) is 4.79 Å². The lowest BCUT2D eigenvalue weighted by molar-refractivity contribution is 0.103. The van der Waals surface area contributed by atoms with E-state index in [1.807, 2.05) is 55.6 Å². The molecular formula is C14H12BrNO. The fraction of sp³-hybridized carbons (Fsp3) is 0.0714. The van der Waals surface area contributed by atoms with Crippen LogP contribution < -0.4 is 5.32 Å². The molecule has 0 spiro atoms. The second-order valence-corrected chi connectivity index (χ2v) is 4.55. The molecule has 0 heterocycles. The largest absolute Gasteiger partial charge is 0.388 e. The Balaban J connectivity index is 2.40. The average Bonchev–Trinajstić information content (AvgIpc) is 2.39. The van der Waals surface area contributed by atoms with Crippen LogP contribution in [0.25, 0.3) is 0 Å². The lowest BCUT2D eigenvalue weighted by atomic mass is 10.0. The zero-order chi connectivity index (χ0) is 12.3. The van der Waals surface area contributed by atoms with Crippen molar-refractivity contribution >= 4 is 27.4 Å². The van der Waals surface area contributed by atoms with Crippen molar-refractivity contribution in [1.82, 2.24) is 0 Å². The van der Waals surface area contributed by atoms with Crippen molar-refractivity contribution in [2.24, 2.45) is 0 Å². The second kappa shape index (κ2) is 5.15. The molecule has 0 aliphatic heterocycles. The van der Waals surface area contributed by atoms with E-state index in [-0.39, 0.29) is 5.78 Å². The van der Waals surface area contributed by atoms with Crippen molar-refractivity contribution in [3.05, 3.63) is 64.1 Å². The number of para-hydroxylation sites is 1. The maximum Gasteiger partial charge on any atom is 0.195 e. The van der Waals surface area contributed by atoms with Crippen LogP contribution in [0.4, 0.5) is 5.69 Å². The van der Waals surface area contributed by atoms with Crippen molar-refractivity contribution in [1.29, 1.82) is 0 Å². The number of hydrogen-bond acceptors (Lipinski definition) is 2. The van der Waals surface area contributed by atoms with Crippen molar-refractivity contribution in [2.75, 3.05) is 12.4 Å². The Bertz CT molecular complexity index is 534. The summed E-state index contributed by atoms with van der Waals surface area (Å²) in [4.78, 5) is 12.3. The molecule has 0 aromatic heterocycles. The SMILES string of the molecule is CNc1ccccc1C(=O)c1ccc(Br)cc1. The van der Waals surface area contributed by atoms with Gasteiger partial charge < -0.3 is 5.32 Å². The van der Waals surface area contributed by atoms with E-state index in [0.717, 1.165) is 10.2 Å². The first-order chi connectivity index (χ1) is 8.22. The molecule has 0 amide bonds. The Morgan fingerprint density at radius 1 is 1.06 bits per heavy atom. The number of carbonyl (C=O) groups is 1. The molecule has 0 bridgehead atoms. The number of hydrogen-bond donors (Lipinski definition) is 1. The molecule has 0 saturated heterocycles. The van der Waals surface area contributed by atoms with Gasteiger partial charge in [0.15, 0.2) is 5.78 Å². The minimum absolute atomic E-state index is 0.0300. The van der Waals surface area contributed by atoms with Gasteiger partial charge in [0.05, 0.1) is 0 Å². The van der Waals surface area contributed by atoms with Crippen molar-refractivity contribution in [3.8, 4) is 0 Å². The highest BCUT2D eigenvalue weighted by molar-refractivity contribution is 9.10. The summed E-state index contributed by atoms with van der Waals surface area (Å²) in [7, 11) is 1.81. The zero-order valence-electron chi connectivity index (χ0n) is 9.41. The molecule has 0 saturated carbocycles. The molecule has 2 rings (SSSR count). The van der Waals surface area contributed by atoms with Gasteiger partial charge in [0.2, 0.25) is 0 Å². The maximum absolute atomic E-state index is 12.3. The third-order valence-electron chi connectivity index (χ3n) is 2.55. The Morgan fingerprint density at radius 3 is 2.35 bits per heavy atom. The normalized spacial score (nSPS) is 10.0. The summed E-state index contributed by atoms with van der Waals surface area (Å²) in [5, 5.41) is 3.03. The first-order valence-electron chi connectivity index (χ1n) is 5.29. The van der Waals surface area contributed by atoms with Gasteiger partial charge in [-0.05, 0) is 36.4 Å². The molecular weight excluding hydrogens is 278 g/mol. The summed E-state index contributed by atoms with van der Waals surface area (Å²) in [6.07, 6.45) is 0. The third-order valence-corrected chi connectivity index (χ3v) is 3.08. The first-order valence-corrected chi connectivity index (χ1v) is 6.08. The van der Waals surface area contributed by atoms with Crippen LogP contribution >= 0.6 is 15.9 Å². The van der Waals surface area contributed by atoms with Gasteiger partial charge >= 0.3 is 0 Å². The highest BCUT2D eigenvalue weighted by atomic mass is 79.9. The molecule has 2 nitrogen and oxygen atoms in total. The van der Waals surface area contributed by atoms with E-state index in [2.05, 4.69) is 21.2 Å². The molecule has 0 fully saturated rings. The van der Waals surface area contributed by atoms with Crippen LogP contribution in [0.15, 0.2) is 53.0 Å². The predicted molar refractivity (Wildman–Crippen MR) is 73.6 cm³/mol. The lowest BCUT2D eigenvalue weighted by Gasteiger charge is -2.07. The van der Waals surface area contributed by atoms with Gasteiger partial charge in [-0.25, -0.2) is 0 Å². The van der Waals surface area contributed by atoms with E-state index >= 15 is 0 Å². The monoisotopic (exact) mass is 289 g/mol. The Labute approximate surface area is 109 Å². The number of carbonyl (C=O) groups excluding carboxylic acids is 1. The van der Waals surface area contributed by atoms with E-state index in [4.69, 9.17) is 0 Å². The molecule has 2 aromatic rings. The number of nitrogens with one attached hydrogen (secondary N) is 1. The maximum atomic E-state index is 12.3. The molecule has 0 radical (unpaired) electrons. The summed E-state index contributed by atoms with van der Waals surface area (Å²) in [5.74, 6) is 0.0300. The van der Waals surface area contributed by atoms with E-state index in [9.17, 15) is 4.79 Å². The third kappa shape index (κ3) is 2.56. The van der Waals surface area contributed by atoms with Gasteiger partial charge in [-0.15, -0.1) is 0 Å². The van der Waals surface area contributed by atoms with Gasteiger partial charge in [0.1, 0.15) is 0 Å². The van der Waals surface area contributed by atoms with Crippen LogP contribution in [0.5, 0.6) is 0 Å². The summed E-state index contributed by atoms with van der Waals surface area (Å²) in [6, 6.07) is 14.9. The Morgan fingerprint density at radius 2 is 1.71 bits per heavy atom. The molecule has 0 atom stereocenters. The Kier molecular flexibility index (Phi) is 3.59. The Hall–Kier alpha value is -1.61. The minimum Gasteiger partial charge on any atom is -0.388 e. The van der Waals surface area contributed by atoms with E-state index in [1.54, 1.807) is 0 Å². The number of rotatable bonds is 3. The fourth-order valence-electron chi connectivity index (χ4n) is 1.66. The minimum atomic E-state index is 0.0300. The number of anilines is 1. The average molecular weight is 290 g/mol. The molecule has 0 aliphatic rings. The molecule has 3 heteroatoms. The van der Waals surface area contributed by atoms with Gasteiger partial charge in [-0.1, -0.05) is 28.1 Å². The zero-order valence-corrected chi connectivity index (χ0v) is 11.0. The van der Waals surface area contributed by atoms with Crippen LogP contribution in [0.2, 0.25) is 0 Å². The van der Waals surface area contributed by atoms with E-state index < -0.39 is 0 Å². The number of ketones is 1. The highest BCUT2D eigenvalue weighted by Gasteiger charge is 2.11. The second-order valence-electron chi connectivity index (χ2n) is 3.63. The van der Waals surface area contributed by atoms with Crippen LogP contribution in [0, 0.1) is 0 Å². The van der Waals surface area contributed by atoms with Crippen LogP contribution in [0.3, 0.4) is 0 Å². The molecule has 2 aromatic carbocycles. The number of benzene rings is 2. The molecule has 0 aliphatic carbocycles. The highest BCUT2D eigenvalue weighted by Crippen LogP contribution is 2.19. The summed E-state index contributed by atoms with van der Waals surface area (Å²) in [6.45, 7) is 0. The molecule has 17 heavy (non-hydrogen) atoms. The summed E-state index contributed by atoms with van der Waals surface area (Å²) < 4.78 is 0.968. The van der Waals surface area contributed by atoms with Crippen LogP contribution in [0.1, 0.15) is 15.9 Å². The lowest BCUT2D eigenvalue weighted by Crippen LogP contribution is -2.05. The van der Waals surface area contributed by atoms with Gasteiger partial charge in [0.25, 0.3) is 0 Å². The predicted octanol–water partition coefficient (Wildman–Crippen LogP) is 3.72. The summed E-state index contributed by atoms with van der Waals surface area (Å²) >= 11 is 3.36. The molecule has 0 unspecified atom stereocenters.